The fourth-order valence-corrected chi connectivity index (χ4v) is 2.69. The summed E-state index contributed by atoms with van der Waals surface area (Å²) in [5, 5.41) is 16.2. The second-order valence-corrected chi connectivity index (χ2v) is 6.98. The van der Waals surface area contributed by atoms with E-state index in [9.17, 15) is 5.11 Å². The number of aromatic nitrogens is 4. The molecule has 0 saturated heterocycles. The summed E-state index contributed by atoms with van der Waals surface area (Å²) in [5.41, 5.74) is 2.41. The number of anilines is 3. The van der Waals surface area contributed by atoms with Gasteiger partial charge in [0.1, 0.15) is 0 Å². The molecule has 0 fully saturated rings. The highest BCUT2D eigenvalue weighted by Gasteiger charge is 2.18. The number of nitrogens with zero attached hydrogens (tertiary/aromatic N) is 4. The molecular formula is C19H26N6O. The molecule has 2 heterocycles. The van der Waals surface area contributed by atoms with Gasteiger partial charge in [0.05, 0.1) is 19.0 Å². The maximum Gasteiger partial charge on any atom is 0.227 e. The molecule has 1 atom stereocenters. The lowest BCUT2D eigenvalue weighted by Crippen LogP contribution is -2.30. The molecule has 0 aliphatic rings. The van der Waals surface area contributed by atoms with Crippen LogP contribution >= 0.6 is 0 Å². The summed E-state index contributed by atoms with van der Waals surface area (Å²) in [4.78, 5) is 13.8. The van der Waals surface area contributed by atoms with Crippen molar-refractivity contribution in [1.82, 2.24) is 19.5 Å². The summed E-state index contributed by atoms with van der Waals surface area (Å²) < 4.78 is 2.02. The van der Waals surface area contributed by atoms with Crippen LogP contribution in [-0.4, -0.2) is 37.3 Å². The average Bonchev–Trinajstić information content (AvgIpc) is 3.04. The number of nitrogens with one attached hydrogen (secondary N) is 2. The number of hydrogen-bond donors (Lipinski definition) is 3. The van der Waals surface area contributed by atoms with Gasteiger partial charge < -0.3 is 20.3 Å². The van der Waals surface area contributed by atoms with E-state index >= 15 is 0 Å². The predicted molar refractivity (Wildman–Crippen MR) is 105 cm³/mol. The molecule has 0 saturated carbocycles. The summed E-state index contributed by atoms with van der Waals surface area (Å²) in [6, 6.07) is 9.96. The van der Waals surface area contributed by atoms with Crippen LogP contribution in [0, 0.1) is 5.92 Å². The van der Waals surface area contributed by atoms with Crippen molar-refractivity contribution in [3.05, 3.63) is 36.7 Å². The van der Waals surface area contributed by atoms with Crippen molar-refractivity contribution in [2.45, 2.75) is 39.8 Å². The maximum atomic E-state index is 9.63. The number of fused-ring (bicyclic) bond motifs is 1. The minimum Gasteiger partial charge on any atom is -0.394 e. The molecule has 0 bridgehead atoms. The SMILES string of the molecule is CC(C)C(CO)Nc1nc(Nc2ccccc2)c2ncn(C(C)C)c2n1. The van der Waals surface area contributed by atoms with Crippen molar-refractivity contribution in [2.75, 3.05) is 17.2 Å². The van der Waals surface area contributed by atoms with Crippen LogP contribution in [-0.2, 0) is 0 Å². The molecular weight excluding hydrogens is 328 g/mol. The van der Waals surface area contributed by atoms with Crippen LogP contribution in [0.25, 0.3) is 11.2 Å². The maximum absolute atomic E-state index is 9.63. The van der Waals surface area contributed by atoms with E-state index in [-0.39, 0.29) is 24.6 Å². The predicted octanol–water partition coefficient (Wildman–Crippen LogP) is 3.58. The monoisotopic (exact) mass is 354 g/mol. The number of para-hydroxylation sites is 1. The van der Waals surface area contributed by atoms with Gasteiger partial charge in [0.15, 0.2) is 17.0 Å². The van der Waals surface area contributed by atoms with Crippen molar-refractivity contribution in [3.8, 4) is 0 Å². The Morgan fingerprint density at radius 3 is 2.42 bits per heavy atom. The Labute approximate surface area is 153 Å². The van der Waals surface area contributed by atoms with Crippen LogP contribution < -0.4 is 10.6 Å². The zero-order valence-corrected chi connectivity index (χ0v) is 15.6. The van der Waals surface area contributed by atoms with Crippen LogP contribution in [0.5, 0.6) is 0 Å². The minimum absolute atomic E-state index is 0.0178. The Morgan fingerprint density at radius 2 is 1.81 bits per heavy atom. The normalized spacial score (nSPS) is 12.7. The molecule has 3 rings (SSSR count). The minimum atomic E-state index is -0.118. The molecule has 0 aliphatic carbocycles. The second-order valence-electron chi connectivity index (χ2n) is 6.98. The molecule has 2 aromatic heterocycles. The summed E-state index contributed by atoms with van der Waals surface area (Å²) in [5.74, 6) is 1.37. The Kier molecular flexibility index (Phi) is 5.37. The molecule has 1 aromatic carbocycles. The smallest absolute Gasteiger partial charge is 0.227 e. The van der Waals surface area contributed by atoms with Gasteiger partial charge >= 0.3 is 0 Å². The highest BCUT2D eigenvalue weighted by molar-refractivity contribution is 5.86. The molecule has 1 unspecified atom stereocenters. The van der Waals surface area contributed by atoms with Gasteiger partial charge in [-0.15, -0.1) is 0 Å². The van der Waals surface area contributed by atoms with Gasteiger partial charge in [0.2, 0.25) is 5.95 Å². The fraction of sp³-hybridized carbons (Fsp3) is 0.421. The van der Waals surface area contributed by atoms with Crippen molar-refractivity contribution >= 4 is 28.6 Å². The molecule has 7 heteroatoms. The molecule has 7 nitrogen and oxygen atoms in total. The van der Waals surface area contributed by atoms with Gasteiger partial charge in [0.25, 0.3) is 0 Å². The standard InChI is InChI=1S/C19H26N6O/c1-12(2)15(10-26)22-19-23-17(21-14-8-6-5-7-9-14)16-18(24-19)25(11-20-16)13(3)4/h5-9,11-13,15,26H,10H2,1-4H3,(H2,21,22,23,24). The summed E-state index contributed by atoms with van der Waals surface area (Å²) in [7, 11) is 0. The zero-order valence-electron chi connectivity index (χ0n) is 15.6. The van der Waals surface area contributed by atoms with Gasteiger partial charge in [-0.25, -0.2) is 4.98 Å². The molecule has 26 heavy (non-hydrogen) atoms. The fourth-order valence-electron chi connectivity index (χ4n) is 2.69. The molecule has 3 N–H and O–H groups in total. The number of benzene rings is 1. The lowest BCUT2D eigenvalue weighted by molar-refractivity contribution is 0.248. The highest BCUT2D eigenvalue weighted by atomic mass is 16.3. The van der Waals surface area contributed by atoms with E-state index in [4.69, 9.17) is 0 Å². The summed E-state index contributed by atoms with van der Waals surface area (Å²) >= 11 is 0. The van der Waals surface area contributed by atoms with Gasteiger partial charge in [0, 0.05) is 11.7 Å². The Balaban J connectivity index is 2.06. The summed E-state index contributed by atoms with van der Waals surface area (Å²) in [6.07, 6.45) is 1.79. The van der Waals surface area contributed by atoms with E-state index in [2.05, 4.69) is 39.4 Å². The van der Waals surface area contributed by atoms with Crippen LogP contribution in [0.3, 0.4) is 0 Å². The van der Waals surface area contributed by atoms with Crippen molar-refractivity contribution in [1.29, 1.82) is 0 Å². The van der Waals surface area contributed by atoms with E-state index in [0.29, 0.717) is 11.8 Å². The first kappa shape index (κ1) is 18.1. The van der Waals surface area contributed by atoms with Gasteiger partial charge in [-0.1, -0.05) is 32.0 Å². The lowest BCUT2D eigenvalue weighted by Gasteiger charge is -2.20. The van der Waals surface area contributed by atoms with Gasteiger partial charge in [-0.2, -0.15) is 9.97 Å². The van der Waals surface area contributed by atoms with E-state index in [1.165, 1.54) is 0 Å². The molecule has 138 valence electrons. The first-order chi connectivity index (χ1) is 12.5. The van der Waals surface area contributed by atoms with E-state index < -0.39 is 0 Å². The molecule has 0 amide bonds. The van der Waals surface area contributed by atoms with E-state index in [0.717, 1.165) is 16.9 Å². The van der Waals surface area contributed by atoms with Crippen molar-refractivity contribution in [2.24, 2.45) is 5.92 Å². The molecule has 0 radical (unpaired) electrons. The first-order valence-corrected chi connectivity index (χ1v) is 8.93. The number of aliphatic hydroxyl groups is 1. The number of imidazole rings is 1. The van der Waals surface area contributed by atoms with Crippen LogP contribution in [0.15, 0.2) is 36.7 Å². The zero-order chi connectivity index (χ0) is 18.7. The van der Waals surface area contributed by atoms with E-state index in [1.54, 1.807) is 6.33 Å². The third-order valence-electron chi connectivity index (χ3n) is 4.33. The largest absolute Gasteiger partial charge is 0.394 e. The molecule has 3 aromatic rings. The molecule has 0 aliphatic heterocycles. The topological polar surface area (TPSA) is 87.9 Å². The van der Waals surface area contributed by atoms with Crippen LogP contribution in [0.4, 0.5) is 17.5 Å². The quantitative estimate of drug-likeness (QED) is 0.601. The van der Waals surface area contributed by atoms with E-state index in [1.807, 2.05) is 48.7 Å². The van der Waals surface area contributed by atoms with Crippen LogP contribution in [0.2, 0.25) is 0 Å². The Bertz CT molecular complexity index is 859. The third-order valence-corrected chi connectivity index (χ3v) is 4.33. The van der Waals surface area contributed by atoms with Crippen molar-refractivity contribution < 1.29 is 5.11 Å². The summed E-state index contributed by atoms with van der Waals surface area (Å²) in [6.45, 7) is 8.29. The van der Waals surface area contributed by atoms with Gasteiger partial charge in [-0.3, -0.25) is 0 Å². The van der Waals surface area contributed by atoms with Crippen molar-refractivity contribution in [3.63, 3.8) is 0 Å². The third kappa shape index (κ3) is 3.77. The number of aliphatic hydroxyl groups excluding tert-OH is 1. The second kappa shape index (κ2) is 7.70. The number of hydrogen-bond acceptors (Lipinski definition) is 6. The van der Waals surface area contributed by atoms with Crippen LogP contribution in [0.1, 0.15) is 33.7 Å². The van der Waals surface area contributed by atoms with Gasteiger partial charge in [-0.05, 0) is 31.9 Å². The Morgan fingerprint density at radius 1 is 1.08 bits per heavy atom. The molecule has 0 spiro atoms. The highest BCUT2D eigenvalue weighted by Crippen LogP contribution is 2.26. The number of rotatable bonds is 7. The average molecular weight is 354 g/mol. The lowest BCUT2D eigenvalue weighted by atomic mass is 10.1. The first-order valence-electron chi connectivity index (χ1n) is 8.93. The Hall–Kier alpha value is -2.67.